The van der Waals surface area contributed by atoms with Gasteiger partial charge in [-0.15, -0.1) is 0 Å². The van der Waals surface area contributed by atoms with E-state index in [4.69, 9.17) is 19.4 Å². The highest BCUT2D eigenvalue weighted by Gasteiger charge is 2.20. The van der Waals surface area contributed by atoms with Crippen LogP contribution in [-0.4, -0.2) is 19.5 Å². The molecule has 11 aromatic rings. The van der Waals surface area contributed by atoms with Gasteiger partial charge in [0.15, 0.2) is 17.5 Å². The highest BCUT2D eigenvalue weighted by atomic mass is 16.3. The van der Waals surface area contributed by atoms with Gasteiger partial charge in [-0.2, -0.15) is 0 Å². The third-order valence-electron chi connectivity index (χ3n) is 10.4. The van der Waals surface area contributed by atoms with Gasteiger partial charge in [0.25, 0.3) is 0 Å². The number of hydrogen-bond donors (Lipinski definition) is 0. The van der Waals surface area contributed by atoms with Gasteiger partial charge in [0.1, 0.15) is 11.2 Å². The Labute approximate surface area is 310 Å². The first-order chi connectivity index (χ1) is 26.8. The molecule has 0 aliphatic carbocycles. The van der Waals surface area contributed by atoms with Crippen LogP contribution in [0.25, 0.3) is 105 Å². The van der Waals surface area contributed by atoms with Crippen molar-refractivity contribution in [2.45, 2.75) is 0 Å². The Balaban J connectivity index is 1.15. The Bertz CT molecular complexity index is 3140. The standard InChI is InChI=1S/C49H30N4O/c1-4-14-31(15-5-1)40-29-36(53-41-23-13-12-22-38(41)45-37-21-11-10-16-32(37)25-27-42(45)53)30-44-46(40)39-26-24-35(28-43(39)54-44)49-51-47(33-17-6-2-7-18-33)50-48(52-49)34-19-8-3-9-20-34/h1-30H. The maximum atomic E-state index is 6.86. The van der Waals surface area contributed by atoms with Gasteiger partial charge in [-0.3, -0.25) is 0 Å². The maximum absolute atomic E-state index is 6.86. The van der Waals surface area contributed by atoms with E-state index in [1.54, 1.807) is 0 Å². The summed E-state index contributed by atoms with van der Waals surface area (Å²) in [4.78, 5) is 14.9. The summed E-state index contributed by atoms with van der Waals surface area (Å²) in [7, 11) is 0. The molecule has 0 fully saturated rings. The van der Waals surface area contributed by atoms with Gasteiger partial charge < -0.3 is 8.98 Å². The quantitative estimate of drug-likeness (QED) is 0.180. The van der Waals surface area contributed by atoms with Gasteiger partial charge in [-0.05, 0) is 52.2 Å². The van der Waals surface area contributed by atoms with Gasteiger partial charge in [-0.25, -0.2) is 15.0 Å². The molecule has 0 saturated carbocycles. The van der Waals surface area contributed by atoms with E-state index >= 15 is 0 Å². The summed E-state index contributed by atoms with van der Waals surface area (Å²) >= 11 is 0. The summed E-state index contributed by atoms with van der Waals surface area (Å²) in [5.41, 5.74) is 9.89. The third kappa shape index (κ3) is 4.83. The average Bonchev–Trinajstić information content (AvgIpc) is 3.79. The molecule has 0 bridgehead atoms. The van der Waals surface area contributed by atoms with E-state index in [2.05, 4.69) is 126 Å². The van der Waals surface area contributed by atoms with Crippen molar-refractivity contribution in [3.05, 3.63) is 182 Å². The monoisotopic (exact) mass is 690 g/mol. The number of hydrogen-bond acceptors (Lipinski definition) is 4. The molecule has 0 spiro atoms. The highest BCUT2D eigenvalue weighted by molar-refractivity contribution is 6.22. The number of rotatable bonds is 5. The lowest BCUT2D eigenvalue weighted by Crippen LogP contribution is -2.00. The van der Waals surface area contributed by atoms with Crippen molar-refractivity contribution < 1.29 is 4.42 Å². The third-order valence-corrected chi connectivity index (χ3v) is 10.4. The molecule has 0 amide bonds. The maximum Gasteiger partial charge on any atom is 0.164 e. The summed E-state index contributed by atoms with van der Waals surface area (Å²) < 4.78 is 9.23. The second-order valence-electron chi connectivity index (χ2n) is 13.6. The molecule has 0 unspecified atom stereocenters. The molecule has 0 saturated heterocycles. The predicted octanol–water partition coefficient (Wildman–Crippen LogP) is 12.7. The summed E-state index contributed by atoms with van der Waals surface area (Å²) in [5.74, 6) is 1.84. The van der Waals surface area contributed by atoms with Crippen LogP contribution < -0.4 is 0 Å². The Morgan fingerprint density at radius 2 is 0.963 bits per heavy atom. The lowest BCUT2D eigenvalue weighted by Gasteiger charge is -2.12. The zero-order chi connectivity index (χ0) is 35.6. The first-order valence-electron chi connectivity index (χ1n) is 18.1. The Morgan fingerprint density at radius 1 is 0.370 bits per heavy atom. The van der Waals surface area contributed by atoms with Crippen LogP contribution in [0.1, 0.15) is 0 Å². The van der Waals surface area contributed by atoms with Crippen LogP contribution in [0.2, 0.25) is 0 Å². The molecule has 8 aromatic carbocycles. The smallest absolute Gasteiger partial charge is 0.164 e. The van der Waals surface area contributed by atoms with Crippen LogP contribution in [-0.2, 0) is 0 Å². The van der Waals surface area contributed by atoms with Crippen molar-refractivity contribution in [2.24, 2.45) is 0 Å². The van der Waals surface area contributed by atoms with E-state index < -0.39 is 0 Å². The van der Waals surface area contributed by atoms with Crippen LogP contribution in [0.5, 0.6) is 0 Å². The molecule has 0 aliphatic heterocycles. The van der Waals surface area contributed by atoms with Gasteiger partial charge in [-0.1, -0.05) is 146 Å². The van der Waals surface area contributed by atoms with Gasteiger partial charge >= 0.3 is 0 Å². The van der Waals surface area contributed by atoms with E-state index in [1.807, 2.05) is 60.7 Å². The van der Waals surface area contributed by atoms with Gasteiger partial charge in [0.05, 0.1) is 16.7 Å². The van der Waals surface area contributed by atoms with Crippen LogP contribution >= 0.6 is 0 Å². The average molecular weight is 691 g/mol. The first kappa shape index (κ1) is 30.3. The molecule has 5 nitrogen and oxygen atoms in total. The van der Waals surface area contributed by atoms with Crippen molar-refractivity contribution in [1.29, 1.82) is 0 Å². The Kier molecular flexibility index (Phi) is 6.79. The summed E-state index contributed by atoms with van der Waals surface area (Å²) in [6.45, 7) is 0. The molecule has 0 aliphatic rings. The molecular weight excluding hydrogens is 661 g/mol. The Hall–Kier alpha value is -7.37. The molecule has 252 valence electrons. The number of aromatic nitrogens is 4. The molecule has 3 heterocycles. The van der Waals surface area contributed by atoms with Crippen LogP contribution in [0.4, 0.5) is 0 Å². The molecule has 3 aromatic heterocycles. The van der Waals surface area contributed by atoms with Crippen molar-refractivity contribution in [3.8, 4) is 51.0 Å². The molecule has 5 heteroatoms. The fourth-order valence-corrected chi connectivity index (χ4v) is 7.96. The molecule has 54 heavy (non-hydrogen) atoms. The van der Waals surface area contributed by atoms with E-state index in [0.29, 0.717) is 17.5 Å². The molecule has 0 N–H and O–H groups in total. The molecule has 11 rings (SSSR count). The van der Waals surface area contributed by atoms with Crippen LogP contribution in [0, 0.1) is 0 Å². The molecule has 0 radical (unpaired) electrons. The highest BCUT2D eigenvalue weighted by Crippen LogP contribution is 2.43. The van der Waals surface area contributed by atoms with Crippen molar-refractivity contribution in [3.63, 3.8) is 0 Å². The fourth-order valence-electron chi connectivity index (χ4n) is 7.96. The van der Waals surface area contributed by atoms with E-state index in [0.717, 1.165) is 66.5 Å². The zero-order valence-electron chi connectivity index (χ0n) is 29.0. The topological polar surface area (TPSA) is 56.7 Å². The summed E-state index contributed by atoms with van der Waals surface area (Å²) in [6.07, 6.45) is 0. The lowest BCUT2D eigenvalue weighted by molar-refractivity contribution is 0.669. The number of furan rings is 1. The lowest BCUT2D eigenvalue weighted by atomic mass is 9.98. The minimum absolute atomic E-state index is 0.589. The summed E-state index contributed by atoms with van der Waals surface area (Å²) in [6, 6.07) is 63.3. The minimum atomic E-state index is 0.589. The van der Waals surface area contributed by atoms with Crippen molar-refractivity contribution >= 4 is 54.5 Å². The first-order valence-corrected chi connectivity index (χ1v) is 18.1. The normalized spacial score (nSPS) is 11.7. The second kappa shape index (κ2) is 12.1. The zero-order valence-corrected chi connectivity index (χ0v) is 29.0. The van der Waals surface area contributed by atoms with Crippen molar-refractivity contribution in [2.75, 3.05) is 0 Å². The number of fused-ring (bicyclic) bond motifs is 8. The minimum Gasteiger partial charge on any atom is -0.456 e. The van der Waals surface area contributed by atoms with Gasteiger partial charge in [0, 0.05) is 44.3 Å². The van der Waals surface area contributed by atoms with Crippen LogP contribution in [0.15, 0.2) is 186 Å². The molecule has 0 atom stereocenters. The second-order valence-corrected chi connectivity index (χ2v) is 13.6. The fraction of sp³-hybridized carbons (Fsp3) is 0. The number of nitrogens with zero attached hydrogens (tertiary/aromatic N) is 4. The van der Waals surface area contributed by atoms with E-state index in [1.165, 1.54) is 21.5 Å². The van der Waals surface area contributed by atoms with Crippen LogP contribution in [0.3, 0.4) is 0 Å². The van der Waals surface area contributed by atoms with Crippen molar-refractivity contribution in [1.82, 2.24) is 19.5 Å². The SMILES string of the molecule is c1ccc(-c2nc(-c3ccccc3)nc(-c3ccc4c(c3)oc3cc(-n5c6ccccc6c6c7ccccc7ccc65)cc(-c5ccccc5)c34)n2)cc1. The molecular formula is C49H30N4O. The van der Waals surface area contributed by atoms with Gasteiger partial charge in [0.2, 0.25) is 0 Å². The van der Waals surface area contributed by atoms with E-state index in [9.17, 15) is 0 Å². The number of benzene rings is 8. The number of para-hydroxylation sites is 1. The predicted molar refractivity (Wildman–Crippen MR) is 221 cm³/mol. The van der Waals surface area contributed by atoms with E-state index in [-0.39, 0.29) is 0 Å². The summed E-state index contributed by atoms with van der Waals surface area (Å²) in [5, 5.41) is 7.06. The Morgan fingerprint density at radius 3 is 1.67 bits per heavy atom. The largest absolute Gasteiger partial charge is 0.456 e.